The van der Waals surface area contributed by atoms with Crippen LogP contribution in [0.3, 0.4) is 0 Å². The monoisotopic (exact) mass is 407 g/mol. The lowest BCUT2D eigenvalue weighted by molar-refractivity contribution is -0.366. The summed E-state index contributed by atoms with van der Waals surface area (Å²) in [5.41, 5.74) is 0.380. The number of nitrogens with zero attached hydrogens (tertiary/aromatic N) is 2. The van der Waals surface area contributed by atoms with Crippen molar-refractivity contribution in [2.45, 2.75) is 24.2 Å². The van der Waals surface area contributed by atoms with Gasteiger partial charge >= 0.3 is 0 Å². The third-order valence-electron chi connectivity index (χ3n) is 4.62. The number of H-pyrrole nitrogens is 1. The number of likely N-dealkylation sites (N-methyl/N-ethyl adjacent to an activating group) is 1. The van der Waals surface area contributed by atoms with Gasteiger partial charge in [-0.05, 0) is 37.1 Å². The summed E-state index contributed by atoms with van der Waals surface area (Å²) < 4.78 is 40.1. The number of pyridine rings is 1. The molecule has 0 spiro atoms. The first-order valence-electron chi connectivity index (χ1n) is 9.15. The highest BCUT2D eigenvalue weighted by Crippen LogP contribution is 2.20. The van der Waals surface area contributed by atoms with Crippen molar-refractivity contribution < 1.29 is 22.6 Å². The summed E-state index contributed by atoms with van der Waals surface area (Å²) in [6, 6.07) is 8.83. The van der Waals surface area contributed by atoms with Crippen LogP contribution in [0.4, 0.5) is 15.9 Å². The lowest BCUT2D eigenvalue weighted by atomic mass is 10.2. The molecule has 1 fully saturated rings. The van der Waals surface area contributed by atoms with Gasteiger partial charge in [0, 0.05) is 24.8 Å². The molecule has 150 valence electrons. The fraction of sp³-hybridized carbons (Fsp3) is 0.368. The number of anilines is 2. The van der Waals surface area contributed by atoms with Gasteiger partial charge in [-0.3, -0.25) is 9.69 Å². The Morgan fingerprint density at radius 3 is 2.61 bits per heavy atom. The first-order valence-corrected chi connectivity index (χ1v) is 10.6. The molecule has 2 heterocycles. The van der Waals surface area contributed by atoms with E-state index in [9.17, 15) is 17.6 Å². The predicted octanol–water partition coefficient (Wildman–Crippen LogP) is 1.89. The van der Waals surface area contributed by atoms with Gasteiger partial charge in [0.15, 0.2) is 6.54 Å². The van der Waals surface area contributed by atoms with Gasteiger partial charge in [-0.25, -0.2) is 17.8 Å². The van der Waals surface area contributed by atoms with Crippen molar-refractivity contribution in [3.8, 4) is 0 Å². The van der Waals surface area contributed by atoms with E-state index in [4.69, 9.17) is 0 Å². The topological polar surface area (TPSA) is 83.9 Å². The average molecular weight is 407 g/mol. The van der Waals surface area contributed by atoms with Crippen LogP contribution in [0.1, 0.15) is 19.3 Å². The second-order valence-corrected chi connectivity index (χ2v) is 8.73. The third-order valence-corrected chi connectivity index (χ3v) is 6.52. The summed E-state index contributed by atoms with van der Waals surface area (Å²) in [6.45, 7) is 1.11. The quantitative estimate of drug-likeness (QED) is 0.793. The number of nitrogens with one attached hydrogen (secondary N) is 2. The molecule has 0 saturated carbocycles. The van der Waals surface area contributed by atoms with Crippen LogP contribution in [0.25, 0.3) is 0 Å². The van der Waals surface area contributed by atoms with Gasteiger partial charge in [0.05, 0.1) is 7.05 Å². The van der Waals surface area contributed by atoms with Crippen LogP contribution < -0.4 is 15.2 Å². The van der Waals surface area contributed by atoms with E-state index in [1.54, 1.807) is 24.1 Å². The Bertz CT molecular complexity index is 928. The zero-order chi connectivity index (χ0) is 20.1. The molecule has 0 bridgehead atoms. The van der Waals surface area contributed by atoms with Gasteiger partial charge < -0.3 is 5.32 Å². The van der Waals surface area contributed by atoms with E-state index in [1.165, 1.54) is 34.8 Å². The molecule has 0 radical (unpaired) electrons. The smallest absolute Gasteiger partial charge is 0.274 e. The van der Waals surface area contributed by atoms with Gasteiger partial charge in [0.25, 0.3) is 11.7 Å². The SMILES string of the molecule is CN(CC(=O)Nc1cccc(F)c1)c1ccc(S(=O)(=O)N2CCCCC2)c[nH+]1. The fourth-order valence-electron chi connectivity index (χ4n) is 3.12. The van der Waals surface area contributed by atoms with Gasteiger partial charge in [0.2, 0.25) is 10.0 Å². The van der Waals surface area contributed by atoms with E-state index in [-0.39, 0.29) is 17.3 Å². The number of aromatic nitrogens is 1. The van der Waals surface area contributed by atoms with Gasteiger partial charge in [0.1, 0.15) is 16.9 Å². The number of piperidine rings is 1. The Balaban J connectivity index is 1.63. The maximum absolute atomic E-state index is 13.2. The normalized spacial score (nSPS) is 15.2. The summed E-state index contributed by atoms with van der Waals surface area (Å²) in [4.78, 5) is 16.9. The van der Waals surface area contributed by atoms with E-state index in [1.807, 2.05) is 0 Å². The van der Waals surface area contributed by atoms with Crippen LogP contribution in [0, 0.1) is 5.82 Å². The number of rotatable bonds is 6. The van der Waals surface area contributed by atoms with Crippen LogP contribution in [0.5, 0.6) is 0 Å². The molecule has 1 aliphatic rings. The molecule has 1 aromatic carbocycles. The Kier molecular flexibility index (Phi) is 6.25. The number of amides is 1. The van der Waals surface area contributed by atoms with Crippen molar-refractivity contribution in [2.24, 2.45) is 0 Å². The first-order chi connectivity index (χ1) is 13.4. The minimum absolute atomic E-state index is 0.0191. The van der Waals surface area contributed by atoms with Crippen molar-refractivity contribution >= 4 is 27.4 Å². The van der Waals surface area contributed by atoms with Crippen LogP contribution in [-0.4, -0.2) is 45.3 Å². The van der Waals surface area contributed by atoms with Crippen molar-refractivity contribution in [3.05, 3.63) is 48.4 Å². The van der Waals surface area contributed by atoms with Gasteiger partial charge in [-0.1, -0.05) is 12.5 Å². The Labute approximate surface area is 164 Å². The van der Waals surface area contributed by atoms with Crippen molar-refractivity contribution in [1.82, 2.24) is 4.31 Å². The van der Waals surface area contributed by atoms with Gasteiger partial charge in [-0.15, -0.1) is 0 Å². The highest BCUT2D eigenvalue weighted by atomic mass is 32.2. The zero-order valence-corrected chi connectivity index (χ0v) is 16.5. The second kappa shape index (κ2) is 8.66. The lowest BCUT2D eigenvalue weighted by Crippen LogP contribution is -2.37. The minimum atomic E-state index is -3.50. The predicted molar refractivity (Wildman–Crippen MR) is 104 cm³/mol. The molecule has 7 nitrogen and oxygen atoms in total. The molecule has 0 aliphatic carbocycles. The van der Waals surface area contributed by atoms with E-state index in [0.717, 1.165) is 19.3 Å². The number of aromatic amines is 1. The highest BCUT2D eigenvalue weighted by Gasteiger charge is 2.27. The number of carbonyl (C=O) groups excluding carboxylic acids is 1. The number of benzene rings is 1. The molecule has 1 saturated heterocycles. The molecule has 2 aromatic rings. The highest BCUT2D eigenvalue weighted by molar-refractivity contribution is 7.89. The maximum Gasteiger partial charge on any atom is 0.274 e. The summed E-state index contributed by atoms with van der Waals surface area (Å²) in [6.07, 6.45) is 4.26. The van der Waals surface area contributed by atoms with Crippen molar-refractivity contribution in [2.75, 3.05) is 36.9 Å². The molecule has 0 unspecified atom stereocenters. The average Bonchev–Trinajstić information content (AvgIpc) is 2.68. The van der Waals surface area contributed by atoms with E-state index in [0.29, 0.717) is 24.6 Å². The summed E-state index contributed by atoms with van der Waals surface area (Å²) in [5, 5.41) is 2.63. The molecule has 9 heteroatoms. The molecule has 28 heavy (non-hydrogen) atoms. The number of sulfonamides is 1. The fourth-order valence-corrected chi connectivity index (χ4v) is 4.61. The van der Waals surface area contributed by atoms with E-state index >= 15 is 0 Å². The molecule has 2 N–H and O–H groups in total. The molecule has 1 aliphatic heterocycles. The van der Waals surface area contributed by atoms with Crippen LogP contribution in [-0.2, 0) is 14.8 Å². The molecule has 0 atom stereocenters. The first kappa shape index (κ1) is 20.2. The minimum Gasteiger partial charge on any atom is -0.323 e. The Hall–Kier alpha value is -2.52. The van der Waals surface area contributed by atoms with Crippen LogP contribution >= 0.6 is 0 Å². The number of carbonyl (C=O) groups is 1. The zero-order valence-electron chi connectivity index (χ0n) is 15.7. The Morgan fingerprint density at radius 2 is 1.96 bits per heavy atom. The van der Waals surface area contributed by atoms with Gasteiger partial charge in [-0.2, -0.15) is 4.31 Å². The van der Waals surface area contributed by atoms with Crippen LogP contribution in [0.15, 0.2) is 47.5 Å². The molecule has 1 aromatic heterocycles. The maximum atomic E-state index is 13.2. The molecular formula is C19H24FN4O3S+. The summed E-state index contributed by atoms with van der Waals surface area (Å²) in [7, 11) is -1.80. The van der Waals surface area contributed by atoms with E-state index in [2.05, 4.69) is 10.3 Å². The second-order valence-electron chi connectivity index (χ2n) is 6.79. The summed E-state index contributed by atoms with van der Waals surface area (Å²) >= 11 is 0. The number of hydrogen-bond acceptors (Lipinski definition) is 4. The largest absolute Gasteiger partial charge is 0.323 e. The van der Waals surface area contributed by atoms with Crippen molar-refractivity contribution in [3.63, 3.8) is 0 Å². The number of hydrogen-bond donors (Lipinski definition) is 1. The number of halogens is 1. The standard InChI is InChI=1S/C19H23FN4O3S/c1-23(14-19(25)22-16-7-5-6-15(20)12-16)18-9-8-17(13-21-18)28(26,27)24-10-3-2-4-11-24/h5-9,12-13H,2-4,10-11,14H2,1H3,(H,22,25)/p+1. The van der Waals surface area contributed by atoms with Crippen LogP contribution in [0.2, 0.25) is 0 Å². The molecule has 3 rings (SSSR count). The molecular weight excluding hydrogens is 383 g/mol. The molecule has 1 amide bonds. The van der Waals surface area contributed by atoms with Crippen molar-refractivity contribution in [1.29, 1.82) is 0 Å². The van der Waals surface area contributed by atoms with E-state index < -0.39 is 15.8 Å². The lowest BCUT2D eigenvalue weighted by Gasteiger charge is -2.25. The summed E-state index contributed by atoms with van der Waals surface area (Å²) in [5.74, 6) is -0.150. The Morgan fingerprint density at radius 1 is 1.21 bits per heavy atom. The third kappa shape index (κ3) is 4.85.